The predicted octanol–water partition coefficient (Wildman–Crippen LogP) is 6.54. The molecule has 0 radical (unpaired) electrons. The Bertz CT molecular complexity index is 1330. The maximum Gasteiger partial charge on any atom is 0.270 e. The van der Waals surface area contributed by atoms with Gasteiger partial charge in [0.25, 0.3) is 5.91 Å². The van der Waals surface area contributed by atoms with Gasteiger partial charge in [-0.05, 0) is 61.9 Å². The maximum atomic E-state index is 13.2. The zero-order chi connectivity index (χ0) is 22.6. The van der Waals surface area contributed by atoms with Gasteiger partial charge in [-0.3, -0.25) is 9.69 Å². The lowest BCUT2D eigenvalue weighted by atomic mass is 10.2. The number of thioether (sulfide) groups is 1. The fraction of sp³-hybridized carbons (Fsp3) is 0.130. The van der Waals surface area contributed by atoms with Gasteiger partial charge in [-0.2, -0.15) is 0 Å². The first-order valence-electron chi connectivity index (χ1n) is 9.65. The standard InChI is InChI=1S/C23H16Cl2N2O3S2/c1-12-7-14(13(2)26(12)15-3-5-17(24)18(25)9-15)8-21-22(28)27(23(31)32-21)16-4-6-19-20(10-16)30-11-29-19/h3-10H,11H2,1-2H3. The molecule has 0 saturated carbocycles. The summed E-state index contributed by atoms with van der Waals surface area (Å²) < 4.78 is 13.3. The minimum absolute atomic E-state index is 0.168. The highest BCUT2D eigenvalue weighted by molar-refractivity contribution is 8.27. The first-order chi connectivity index (χ1) is 15.3. The van der Waals surface area contributed by atoms with E-state index in [1.807, 2.05) is 38.1 Å². The van der Waals surface area contributed by atoms with E-state index in [0.717, 1.165) is 22.6 Å². The molecule has 1 fully saturated rings. The summed E-state index contributed by atoms with van der Waals surface area (Å²) in [7, 11) is 0. The second kappa shape index (κ2) is 8.15. The number of amides is 1. The number of benzene rings is 2. The number of thiocarbonyl (C=S) groups is 1. The van der Waals surface area contributed by atoms with Gasteiger partial charge >= 0.3 is 0 Å². The van der Waals surface area contributed by atoms with Gasteiger partial charge in [0, 0.05) is 23.1 Å². The number of aromatic nitrogens is 1. The van der Waals surface area contributed by atoms with Crippen molar-refractivity contribution in [2.45, 2.75) is 13.8 Å². The lowest BCUT2D eigenvalue weighted by Crippen LogP contribution is -2.27. The summed E-state index contributed by atoms with van der Waals surface area (Å²) in [4.78, 5) is 15.3. The van der Waals surface area contributed by atoms with E-state index in [1.54, 1.807) is 24.3 Å². The topological polar surface area (TPSA) is 43.7 Å². The van der Waals surface area contributed by atoms with Gasteiger partial charge in [0.05, 0.1) is 20.6 Å². The average molecular weight is 503 g/mol. The second-order valence-electron chi connectivity index (χ2n) is 7.31. The molecule has 2 aliphatic rings. The highest BCUT2D eigenvalue weighted by atomic mass is 35.5. The van der Waals surface area contributed by atoms with Crippen molar-refractivity contribution in [1.29, 1.82) is 0 Å². The Balaban J connectivity index is 1.49. The number of anilines is 1. The molecule has 2 aliphatic heterocycles. The quantitative estimate of drug-likeness (QED) is 0.300. The van der Waals surface area contributed by atoms with Crippen molar-refractivity contribution >= 4 is 69.2 Å². The van der Waals surface area contributed by atoms with Crippen LogP contribution in [-0.2, 0) is 4.79 Å². The van der Waals surface area contributed by atoms with Crippen LogP contribution in [-0.4, -0.2) is 21.6 Å². The number of fused-ring (bicyclic) bond motifs is 1. The molecule has 1 aromatic heterocycles. The second-order valence-corrected chi connectivity index (χ2v) is 9.81. The highest BCUT2D eigenvalue weighted by Gasteiger charge is 2.34. The van der Waals surface area contributed by atoms with E-state index >= 15 is 0 Å². The van der Waals surface area contributed by atoms with Crippen LogP contribution in [0.4, 0.5) is 5.69 Å². The van der Waals surface area contributed by atoms with Crippen LogP contribution in [0.1, 0.15) is 17.0 Å². The Morgan fingerprint density at radius 3 is 2.53 bits per heavy atom. The first kappa shape index (κ1) is 21.4. The molecule has 5 nitrogen and oxygen atoms in total. The number of carbonyl (C=O) groups excluding carboxylic acids is 1. The third-order valence-electron chi connectivity index (χ3n) is 5.33. The summed E-state index contributed by atoms with van der Waals surface area (Å²) in [6.45, 7) is 4.18. The molecule has 9 heteroatoms. The Morgan fingerprint density at radius 2 is 1.75 bits per heavy atom. The van der Waals surface area contributed by atoms with Gasteiger partial charge in [0.15, 0.2) is 15.8 Å². The fourth-order valence-electron chi connectivity index (χ4n) is 3.81. The number of aryl methyl sites for hydroxylation is 1. The van der Waals surface area contributed by atoms with E-state index in [0.29, 0.717) is 36.5 Å². The van der Waals surface area contributed by atoms with Crippen molar-refractivity contribution in [3.8, 4) is 17.2 Å². The zero-order valence-electron chi connectivity index (χ0n) is 17.0. The van der Waals surface area contributed by atoms with Crippen molar-refractivity contribution in [3.63, 3.8) is 0 Å². The molecule has 0 N–H and O–H groups in total. The molecule has 162 valence electrons. The van der Waals surface area contributed by atoms with Crippen LogP contribution in [0.3, 0.4) is 0 Å². The number of rotatable bonds is 3. The van der Waals surface area contributed by atoms with Gasteiger partial charge < -0.3 is 14.0 Å². The molecular weight excluding hydrogens is 487 g/mol. The van der Waals surface area contributed by atoms with Crippen LogP contribution in [0.15, 0.2) is 47.4 Å². The lowest BCUT2D eigenvalue weighted by molar-refractivity contribution is -0.113. The molecule has 0 aliphatic carbocycles. The SMILES string of the molecule is Cc1cc(C=C2SC(=S)N(c3ccc4c(c3)OCO4)C2=O)c(C)n1-c1ccc(Cl)c(Cl)c1. The molecule has 0 unspecified atom stereocenters. The molecule has 32 heavy (non-hydrogen) atoms. The summed E-state index contributed by atoms with van der Waals surface area (Å²) in [5.74, 6) is 1.09. The molecule has 2 aromatic carbocycles. The largest absolute Gasteiger partial charge is 0.454 e. The molecule has 3 aromatic rings. The van der Waals surface area contributed by atoms with Gasteiger partial charge in [0.2, 0.25) is 6.79 Å². The van der Waals surface area contributed by atoms with Crippen molar-refractivity contribution in [3.05, 3.63) is 74.4 Å². The summed E-state index contributed by atoms with van der Waals surface area (Å²) in [6, 6.07) is 12.9. The smallest absolute Gasteiger partial charge is 0.270 e. The van der Waals surface area contributed by atoms with Crippen molar-refractivity contribution in [2.24, 2.45) is 0 Å². The predicted molar refractivity (Wildman–Crippen MR) is 133 cm³/mol. The van der Waals surface area contributed by atoms with Gasteiger partial charge in [-0.15, -0.1) is 0 Å². The summed E-state index contributed by atoms with van der Waals surface area (Å²) in [6.07, 6.45) is 1.88. The van der Waals surface area contributed by atoms with Crippen LogP contribution in [0.25, 0.3) is 11.8 Å². The fourth-order valence-corrected chi connectivity index (χ4v) is 5.39. The van der Waals surface area contributed by atoms with Crippen LogP contribution < -0.4 is 14.4 Å². The van der Waals surface area contributed by atoms with Crippen LogP contribution in [0.2, 0.25) is 10.0 Å². The minimum Gasteiger partial charge on any atom is -0.454 e. The number of hydrogen-bond donors (Lipinski definition) is 0. The third-order valence-corrected chi connectivity index (χ3v) is 7.37. The molecule has 0 spiro atoms. The van der Waals surface area contributed by atoms with E-state index in [-0.39, 0.29) is 12.7 Å². The number of hydrogen-bond acceptors (Lipinski definition) is 5. The monoisotopic (exact) mass is 502 g/mol. The average Bonchev–Trinajstić information content (AvgIpc) is 3.41. The Hall–Kier alpha value is -2.45. The molecule has 0 bridgehead atoms. The van der Waals surface area contributed by atoms with E-state index in [2.05, 4.69) is 4.57 Å². The molecule has 0 atom stereocenters. The van der Waals surface area contributed by atoms with E-state index in [4.69, 9.17) is 44.9 Å². The molecular formula is C23H16Cl2N2O3S2. The molecule has 5 rings (SSSR count). The molecule has 3 heterocycles. The van der Waals surface area contributed by atoms with E-state index in [1.165, 1.54) is 16.7 Å². The number of carbonyl (C=O) groups is 1. The number of halogens is 2. The number of nitrogens with zero attached hydrogens (tertiary/aromatic N) is 2. The number of ether oxygens (including phenoxy) is 2. The summed E-state index contributed by atoms with van der Waals surface area (Å²) >= 11 is 19.1. The normalized spacial score (nSPS) is 16.5. The van der Waals surface area contributed by atoms with Crippen LogP contribution in [0.5, 0.6) is 11.5 Å². The van der Waals surface area contributed by atoms with E-state index < -0.39 is 0 Å². The first-order valence-corrected chi connectivity index (χ1v) is 11.6. The summed E-state index contributed by atoms with van der Waals surface area (Å²) in [5, 5.41) is 0.994. The van der Waals surface area contributed by atoms with E-state index in [9.17, 15) is 4.79 Å². The Labute approximate surface area is 204 Å². The zero-order valence-corrected chi connectivity index (χ0v) is 20.2. The van der Waals surface area contributed by atoms with Crippen LogP contribution in [0, 0.1) is 13.8 Å². The highest BCUT2D eigenvalue weighted by Crippen LogP contribution is 2.41. The van der Waals surface area contributed by atoms with Gasteiger partial charge in [-0.1, -0.05) is 47.2 Å². The lowest BCUT2D eigenvalue weighted by Gasteiger charge is -2.14. The minimum atomic E-state index is -0.168. The molecule has 1 amide bonds. The Morgan fingerprint density at radius 1 is 1.00 bits per heavy atom. The van der Waals surface area contributed by atoms with Crippen LogP contribution >= 0.6 is 47.2 Å². The van der Waals surface area contributed by atoms with Crippen molar-refractivity contribution in [2.75, 3.05) is 11.7 Å². The maximum absolute atomic E-state index is 13.2. The van der Waals surface area contributed by atoms with Gasteiger partial charge in [-0.25, -0.2) is 0 Å². The van der Waals surface area contributed by atoms with Crippen molar-refractivity contribution in [1.82, 2.24) is 4.57 Å². The Kier molecular flexibility index (Phi) is 5.45. The van der Waals surface area contributed by atoms with Crippen molar-refractivity contribution < 1.29 is 14.3 Å². The van der Waals surface area contributed by atoms with Gasteiger partial charge in [0.1, 0.15) is 0 Å². The third kappa shape index (κ3) is 3.59. The summed E-state index contributed by atoms with van der Waals surface area (Å²) in [5.41, 5.74) is 4.48. The molecule has 1 saturated heterocycles.